The minimum Gasteiger partial charge on any atom is -0.325 e. The van der Waals surface area contributed by atoms with Crippen molar-refractivity contribution in [2.45, 2.75) is 36.1 Å². The Hall–Kier alpha value is -0.620. The second-order valence-corrected chi connectivity index (χ2v) is 7.50. The van der Waals surface area contributed by atoms with Gasteiger partial charge >= 0.3 is 0 Å². The van der Waals surface area contributed by atoms with E-state index in [1.165, 1.54) is 4.31 Å². The molecule has 0 radical (unpaired) electrons. The molecule has 4 nitrogen and oxygen atoms in total. The van der Waals surface area contributed by atoms with E-state index < -0.39 is 10.0 Å². The highest BCUT2D eigenvalue weighted by molar-refractivity contribution is 7.89. The molecule has 0 aromatic heterocycles. The topological polar surface area (TPSA) is 63.4 Å². The zero-order valence-electron chi connectivity index (χ0n) is 10.9. The Morgan fingerprint density at radius 3 is 2.58 bits per heavy atom. The molecule has 2 rings (SSSR count). The summed E-state index contributed by atoms with van der Waals surface area (Å²) < 4.78 is 26.5. The molecule has 19 heavy (non-hydrogen) atoms. The van der Waals surface area contributed by atoms with Crippen molar-refractivity contribution in [1.82, 2.24) is 4.31 Å². The Bertz CT molecular complexity index is 530. The van der Waals surface area contributed by atoms with Gasteiger partial charge in [-0.05, 0) is 31.9 Å². The maximum absolute atomic E-state index is 12.5. The molecule has 1 aromatic carbocycles. The second kappa shape index (κ2) is 5.79. The Morgan fingerprint density at radius 1 is 1.32 bits per heavy atom. The quantitative estimate of drug-likeness (QED) is 0.846. The van der Waals surface area contributed by atoms with Crippen LogP contribution < -0.4 is 5.73 Å². The molecule has 2 atom stereocenters. The molecule has 0 bridgehead atoms. The predicted molar refractivity (Wildman–Crippen MR) is 76.8 cm³/mol. The lowest BCUT2D eigenvalue weighted by molar-refractivity contribution is 0.406. The maximum Gasteiger partial charge on any atom is 0.243 e. The molecule has 0 spiro atoms. The van der Waals surface area contributed by atoms with Gasteiger partial charge < -0.3 is 5.73 Å². The van der Waals surface area contributed by atoms with E-state index in [1.807, 2.05) is 6.92 Å². The molecular formula is C13H19ClN2O2S. The molecule has 1 fully saturated rings. The molecule has 1 aromatic rings. The normalized spacial score (nSPS) is 26.1. The van der Waals surface area contributed by atoms with Gasteiger partial charge in [0.15, 0.2) is 0 Å². The third-order valence-corrected chi connectivity index (χ3v) is 5.85. The molecule has 1 saturated heterocycles. The van der Waals surface area contributed by atoms with Crippen molar-refractivity contribution < 1.29 is 8.42 Å². The van der Waals surface area contributed by atoms with Gasteiger partial charge in [-0.2, -0.15) is 4.31 Å². The number of nitrogens with zero attached hydrogens (tertiary/aromatic N) is 1. The lowest BCUT2D eigenvalue weighted by Gasteiger charge is -2.23. The van der Waals surface area contributed by atoms with Gasteiger partial charge in [-0.15, -0.1) is 11.6 Å². The molecule has 1 heterocycles. The van der Waals surface area contributed by atoms with Crippen molar-refractivity contribution in [1.29, 1.82) is 0 Å². The van der Waals surface area contributed by atoms with E-state index in [2.05, 4.69) is 0 Å². The number of aryl methyl sites for hydroxylation is 1. The van der Waals surface area contributed by atoms with E-state index in [9.17, 15) is 8.42 Å². The molecule has 0 unspecified atom stereocenters. The highest BCUT2D eigenvalue weighted by Crippen LogP contribution is 2.22. The van der Waals surface area contributed by atoms with Crippen LogP contribution in [0.15, 0.2) is 29.2 Å². The zero-order chi connectivity index (χ0) is 14.0. The number of sulfonamides is 1. The van der Waals surface area contributed by atoms with Crippen molar-refractivity contribution in [3.8, 4) is 0 Å². The standard InChI is InChI=1S/C13H19ClN2O2S/c1-10-4-6-11(7-5-10)19(17,18)16-8-2-3-12(14)13(15)9-16/h4-7,12-13H,2-3,8-9,15H2,1H3/t12-,13-/m1/s1. The fraction of sp³-hybridized carbons (Fsp3) is 0.538. The molecule has 0 aliphatic carbocycles. The van der Waals surface area contributed by atoms with Gasteiger partial charge in [0, 0.05) is 19.1 Å². The molecule has 6 heteroatoms. The third-order valence-electron chi connectivity index (χ3n) is 3.43. The van der Waals surface area contributed by atoms with E-state index in [4.69, 9.17) is 17.3 Å². The van der Waals surface area contributed by atoms with Crippen LogP contribution in [-0.2, 0) is 10.0 Å². The Morgan fingerprint density at radius 2 is 1.95 bits per heavy atom. The summed E-state index contributed by atoms with van der Waals surface area (Å²) in [5.74, 6) is 0. The lowest BCUT2D eigenvalue weighted by atomic mass is 10.1. The summed E-state index contributed by atoms with van der Waals surface area (Å²) in [6.45, 7) is 2.69. The first-order chi connectivity index (χ1) is 8.91. The largest absolute Gasteiger partial charge is 0.325 e. The van der Waals surface area contributed by atoms with Crippen LogP contribution >= 0.6 is 11.6 Å². The summed E-state index contributed by atoms with van der Waals surface area (Å²) in [6, 6.07) is 6.56. The zero-order valence-corrected chi connectivity index (χ0v) is 12.5. The Kier molecular flexibility index (Phi) is 4.50. The van der Waals surface area contributed by atoms with E-state index in [1.54, 1.807) is 24.3 Å². The minimum atomic E-state index is -3.46. The average Bonchev–Trinajstić information content (AvgIpc) is 2.53. The van der Waals surface area contributed by atoms with Gasteiger partial charge in [-0.3, -0.25) is 0 Å². The monoisotopic (exact) mass is 302 g/mol. The van der Waals surface area contributed by atoms with E-state index in [0.717, 1.165) is 18.4 Å². The maximum atomic E-state index is 12.5. The molecule has 2 N–H and O–H groups in total. The van der Waals surface area contributed by atoms with Crippen LogP contribution in [0.3, 0.4) is 0 Å². The molecule has 1 aliphatic heterocycles. The summed E-state index contributed by atoms with van der Waals surface area (Å²) in [5.41, 5.74) is 6.96. The van der Waals surface area contributed by atoms with E-state index in [-0.39, 0.29) is 18.0 Å². The SMILES string of the molecule is Cc1ccc(S(=O)(=O)N2CCC[C@@H](Cl)[C@H](N)C2)cc1. The fourth-order valence-electron chi connectivity index (χ4n) is 2.20. The summed E-state index contributed by atoms with van der Waals surface area (Å²) >= 11 is 6.11. The van der Waals surface area contributed by atoms with Gasteiger partial charge in [0.1, 0.15) is 0 Å². The summed E-state index contributed by atoms with van der Waals surface area (Å²) in [6.07, 6.45) is 1.50. The summed E-state index contributed by atoms with van der Waals surface area (Å²) in [5, 5.41) is -0.154. The van der Waals surface area contributed by atoms with Crippen molar-refractivity contribution in [2.24, 2.45) is 5.73 Å². The highest BCUT2D eigenvalue weighted by atomic mass is 35.5. The molecule has 106 valence electrons. The summed E-state index contributed by atoms with van der Waals surface area (Å²) in [4.78, 5) is 0.318. The minimum absolute atomic E-state index is 0.154. The van der Waals surface area contributed by atoms with Crippen molar-refractivity contribution >= 4 is 21.6 Å². The van der Waals surface area contributed by atoms with Gasteiger partial charge in [-0.25, -0.2) is 8.42 Å². The third kappa shape index (κ3) is 3.28. The lowest BCUT2D eigenvalue weighted by Crippen LogP contribution is -2.43. The molecule has 1 aliphatic rings. The van der Waals surface area contributed by atoms with Crippen LogP contribution in [-0.4, -0.2) is 37.2 Å². The van der Waals surface area contributed by atoms with Crippen LogP contribution in [0, 0.1) is 6.92 Å². The number of benzene rings is 1. The van der Waals surface area contributed by atoms with E-state index >= 15 is 0 Å². The fourth-order valence-corrected chi connectivity index (χ4v) is 3.95. The van der Waals surface area contributed by atoms with Gasteiger partial charge in [0.05, 0.1) is 10.3 Å². The summed E-state index contributed by atoms with van der Waals surface area (Å²) in [7, 11) is -3.46. The smallest absolute Gasteiger partial charge is 0.243 e. The van der Waals surface area contributed by atoms with Gasteiger partial charge in [0.25, 0.3) is 0 Å². The van der Waals surface area contributed by atoms with Crippen LogP contribution in [0.25, 0.3) is 0 Å². The molecule has 0 amide bonds. The number of hydrogen-bond acceptors (Lipinski definition) is 3. The van der Waals surface area contributed by atoms with Crippen molar-refractivity contribution in [3.63, 3.8) is 0 Å². The van der Waals surface area contributed by atoms with Crippen LogP contribution in [0.5, 0.6) is 0 Å². The Balaban J connectivity index is 2.26. The van der Waals surface area contributed by atoms with Crippen LogP contribution in [0.2, 0.25) is 0 Å². The first-order valence-corrected chi connectivity index (χ1v) is 8.25. The number of rotatable bonds is 2. The van der Waals surface area contributed by atoms with Crippen LogP contribution in [0.4, 0.5) is 0 Å². The van der Waals surface area contributed by atoms with Crippen molar-refractivity contribution in [3.05, 3.63) is 29.8 Å². The first kappa shape index (κ1) is 14.8. The number of hydrogen-bond donors (Lipinski definition) is 1. The molecule has 0 saturated carbocycles. The molecular weight excluding hydrogens is 284 g/mol. The van der Waals surface area contributed by atoms with E-state index in [0.29, 0.717) is 11.4 Å². The average molecular weight is 303 g/mol. The van der Waals surface area contributed by atoms with Gasteiger partial charge in [-0.1, -0.05) is 17.7 Å². The second-order valence-electron chi connectivity index (χ2n) is 5.00. The predicted octanol–water partition coefficient (Wildman–Crippen LogP) is 1.71. The number of nitrogens with two attached hydrogens (primary N) is 1. The highest BCUT2D eigenvalue weighted by Gasteiger charge is 2.30. The van der Waals surface area contributed by atoms with Crippen LogP contribution in [0.1, 0.15) is 18.4 Å². The first-order valence-electron chi connectivity index (χ1n) is 6.38. The number of alkyl halides is 1. The van der Waals surface area contributed by atoms with Gasteiger partial charge in [0.2, 0.25) is 10.0 Å². The van der Waals surface area contributed by atoms with Crippen molar-refractivity contribution in [2.75, 3.05) is 13.1 Å². The number of halogens is 1. The Labute approximate surface area is 119 Å².